The van der Waals surface area contributed by atoms with E-state index < -0.39 is 0 Å². The van der Waals surface area contributed by atoms with Crippen LogP contribution in [0.5, 0.6) is 0 Å². The number of nitrogens with one attached hydrogen (secondary N) is 1. The molecule has 31 heavy (non-hydrogen) atoms. The van der Waals surface area contributed by atoms with Crippen LogP contribution in [0.25, 0.3) is 17.3 Å². The third kappa shape index (κ3) is 4.06. The molecule has 1 saturated carbocycles. The van der Waals surface area contributed by atoms with Crippen molar-refractivity contribution in [3.8, 4) is 17.3 Å². The van der Waals surface area contributed by atoms with Crippen molar-refractivity contribution in [1.29, 1.82) is 0 Å². The zero-order chi connectivity index (χ0) is 21.4. The fourth-order valence-corrected chi connectivity index (χ4v) is 3.50. The Balaban J connectivity index is 1.30. The summed E-state index contributed by atoms with van der Waals surface area (Å²) in [5.41, 5.74) is 2.85. The van der Waals surface area contributed by atoms with Gasteiger partial charge in [-0.25, -0.2) is 9.67 Å². The molecule has 1 amide bonds. The molecule has 1 aromatic carbocycles. The van der Waals surface area contributed by atoms with Crippen molar-refractivity contribution in [1.82, 2.24) is 30.2 Å². The van der Waals surface area contributed by atoms with Gasteiger partial charge in [-0.2, -0.15) is 10.1 Å². The summed E-state index contributed by atoms with van der Waals surface area (Å²) < 4.78 is 6.97. The van der Waals surface area contributed by atoms with E-state index in [1.807, 2.05) is 37.3 Å². The molecular weight excluding hydrogens is 416 g/mol. The van der Waals surface area contributed by atoms with Crippen LogP contribution >= 0.6 is 11.6 Å². The number of hydrogen-bond donors (Lipinski definition) is 1. The highest BCUT2D eigenvalue weighted by molar-refractivity contribution is 6.30. The summed E-state index contributed by atoms with van der Waals surface area (Å²) in [6, 6.07) is 11.0. The van der Waals surface area contributed by atoms with Crippen LogP contribution < -0.4 is 5.32 Å². The second kappa shape index (κ2) is 7.96. The molecule has 3 heterocycles. The minimum atomic E-state index is -0.209. The van der Waals surface area contributed by atoms with Crippen LogP contribution in [0.2, 0.25) is 5.02 Å². The SMILES string of the molecule is Cc1c(C(=O)NCc2cccc(Cl)c2)cnn1-c1ccc(-c2nc(C3CC3)no2)cn1. The number of nitrogens with zero attached hydrogens (tertiary/aromatic N) is 5. The number of halogens is 1. The average Bonchev–Trinajstić information content (AvgIpc) is 3.38. The van der Waals surface area contributed by atoms with E-state index in [4.69, 9.17) is 16.1 Å². The Hall–Kier alpha value is -3.52. The van der Waals surface area contributed by atoms with Gasteiger partial charge in [-0.15, -0.1) is 0 Å². The highest BCUT2D eigenvalue weighted by Crippen LogP contribution is 2.38. The first-order chi connectivity index (χ1) is 15.1. The molecule has 0 radical (unpaired) electrons. The quantitative estimate of drug-likeness (QED) is 0.490. The Labute approximate surface area is 183 Å². The van der Waals surface area contributed by atoms with E-state index >= 15 is 0 Å². The summed E-state index contributed by atoms with van der Waals surface area (Å²) in [6.07, 6.45) is 5.44. The predicted octanol–water partition coefficient (Wildman–Crippen LogP) is 4.09. The van der Waals surface area contributed by atoms with Gasteiger partial charge in [-0.3, -0.25) is 4.79 Å². The van der Waals surface area contributed by atoms with E-state index in [1.165, 1.54) is 6.20 Å². The number of hydrogen-bond acceptors (Lipinski definition) is 6. The van der Waals surface area contributed by atoms with Gasteiger partial charge in [0.15, 0.2) is 11.6 Å². The first-order valence-electron chi connectivity index (χ1n) is 9.96. The molecule has 0 bridgehead atoms. The molecule has 1 N–H and O–H groups in total. The lowest BCUT2D eigenvalue weighted by molar-refractivity contribution is 0.0950. The second-order valence-electron chi connectivity index (χ2n) is 7.51. The van der Waals surface area contributed by atoms with Crippen molar-refractivity contribution < 1.29 is 9.32 Å². The summed E-state index contributed by atoms with van der Waals surface area (Å²) in [7, 11) is 0. The molecule has 3 aromatic heterocycles. The lowest BCUT2D eigenvalue weighted by atomic mass is 10.2. The Morgan fingerprint density at radius 3 is 2.87 bits per heavy atom. The lowest BCUT2D eigenvalue weighted by Gasteiger charge is -2.07. The maximum atomic E-state index is 12.6. The lowest BCUT2D eigenvalue weighted by Crippen LogP contribution is -2.23. The minimum absolute atomic E-state index is 0.209. The van der Waals surface area contributed by atoms with Gasteiger partial charge < -0.3 is 9.84 Å². The monoisotopic (exact) mass is 434 g/mol. The first kappa shape index (κ1) is 19.4. The van der Waals surface area contributed by atoms with E-state index in [2.05, 4.69) is 25.5 Å². The number of amides is 1. The molecule has 0 spiro atoms. The molecule has 0 aliphatic heterocycles. The summed E-state index contributed by atoms with van der Waals surface area (Å²) >= 11 is 6.00. The fourth-order valence-electron chi connectivity index (χ4n) is 3.29. The molecule has 1 aliphatic carbocycles. The van der Waals surface area contributed by atoms with Crippen molar-refractivity contribution >= 4 is 17.5 Å². The molecule has 4 aromatic rings. The molecule has 156 valence electrons. The normalized spacial score (nSPS) is 13.4. The summed E-state index contributed by atoms with van der Waals surface area (Å²) in [4.78, 5) is 21.5. The third-order valence-corrected chi connectivity index (χ3v) is 5.43. The molecule has 9 heteroatoms. The Bertz CT molecular complexity index is 1240. The van der Waals surface area contributed by atoms with Gasteiger partial charge in [0.2, 0.25) is 0 Å². The molecule has 5 rings (SSSR count). The number of aromatic nitrogens is 5. The van der Waals surface area contributed by atoms with Gasteiger partial charge in [0.1, 0.15) is 0 Å². The summed E-state index contributed by atoms with van der Waals surface area (Å²) in [5, 5.41) is 11.9. The maximum Gasteiger partial charge on any atom is 0.259 e. The Morgan fingerprint density at radius 2 is 2.13 bits per heavy atom. The van der Waals surface area contributed by atoms with Gasteiger partial charge in [-0.05, 0) is 49.6 Å². The molecule has 0 saturated heterocycles. The van der Waals surface area contributed by atoms with Crippen LogP contribution in [-0.4, -0.2) is 30.8 Å². The summed E-state index contributed by atoms with van der Waals surface area (Å²) in [6.45, 7) is 2.21. The minimum Gasteiger partial charge on any atom is -0.348 e. The van der Waals surface area contributed by atoms with Crippen LogP contribution in [0.15, 0.2) is 53.3 Å². The van der Waals surface area contributed by atoms with Crippen molar-refractivity contribution in [3.63, 3.8) is 0 Å². The zero-order valence-electron chi connectivity index (χ0n) is 16.7. The van der Waals surface area contributed by atoms with Crippen molar-refractivity contribution in [2.45, 2.75) is 32.2 Å². The van der Waals surface area contributed by atoms with Gasteiger partial charge in [0.25, 0.3) is 11.8 Å². The Kier molecular flexibility index (Phi) is 4.99. The number of pyridine rings is 1. The third-order valence-electron chi connectivity index (χ3n) is 5.19. The van der Waals surface area contributed by atoms with Crippen molar-refractivity contribution in [2.24, 2.45) is 0 Å². The van der Waals surface area contributed by atoms with E-state index in [0.717, 1.165) is 29.8 Å². The topological polar surface area (TPSA) is 98.7 Å². The highest BCUT2D eigenvalue weighted by Gasteiger charge is 2.29. The number of carbonyl (C=O) groups is 1. The van der Waals surface area contributed by atoms with Crippen molar-refractivity contribution in [3.05, 3.63) is 76.5 Å². The smallest absolute Gasteiger partial charge is 0.259 e. The van der Waals surface area contributed by atoms with Gasteiger partial charge >= 0.3 is 0 Å². The summed E-state index contributed by atoms with van der Waals surface area (Å²) in [5.74, 6) is 2.03. The number of rotatable bonds is 6. The van der Waals surface area contributed by atoms with E-state index in [0.29, 0.717) is 40.5 Å². The number of benzene rings is 1. The number of carbonyl (C=O) groups excluding carboxylic acids is 1. The molecule has 1 aliphatic rings. The largest absolute Gasteiger partial charge is 0.348 e. The molecule has 0 unspecified atom stereocenters. The van der Waals surface area contributed by atoms with E-state index in [-0.39, 0.29) is 5.91 Å². The fraction of sp³-hybridized carbons (Fsp3) is 0.227. The van der Waals surface area contributed by atoms with Crippen LogP contribution in [0.3, 0.4) is 0 Å². The second-order valence-corrected chi connectivity index (χ2v) is 7.94. The average molecular weight is 435 g/mol. The Morgan fingerprint density at radius 1 is 1.26 bits per heavy atom. The first-order valence-corrected chi connectivity index (χ1v) is 10.3. The predicted molar refractivity (Wildman–Crippen MR) is 114 cm³/mol. The van der Waals surface area contributed by atoms with E-state index in [9.17, 15) is 4.79 Å². The van der Waals surface area contributed by atoms with Crippen LogP contribution in [-0.2, 0) is 6.54 Å². The zero-order valence-corrected chi connectivity index (χ0v) is 17.5. The molecule has 1 fully saturated rings. The maximum absolute atomic E-state index is 12.6. The van der Waals surface area contributed by atoms with Gasteiger partial charge in [0, 0.05) is 23.7 Å². The van der Waals surface area contributed by atoms with E-state index in [1.54, 1.807) is 16.9 Å². The van der Waals surface area contributed by atoms with Gasteiger partial charge in [-0.1, -0.05) is 28.9 Å². The molecular formula is C22H19ClN6O2. The van der Waals surface area contributed by atoms with Crippen molar-refractivity contribution in [2.75, 3.05) is 0 Å². The van der Waals surface area contributed by atoms with Crippen LogP contribution in [0.1, 0.15) is 46.2 Å². The molecule has 8 nitrogen and oxygen atoms in total. The molecule has 0 atom stereocenters. The van der Waals surface area contributed by atoms with Gasteiger partial charge in [0.05, 0.1) is 23.0 Å². The highest BCUT2D eigenvalue weighted by atomic mass is 35.5. The van der Waals surface area contributed by atoms with Crippen LogP contribution in [0.4, 0.5) is 0 Å². The standard InChI is InChI=1S/C22H19ClN6O2/c1-13-18(21(30)25-10-14-3-2-4-17(23)9-14)12-26-29(13)19-8-7-16(11-24-19)22-27-20(28-31-22)15-5-6-15/h2-4,7-9,11-12,15H,5-6,10H2,1H3,(H,25,30). The van der Waals surface area contributed by atoms with Crippen LogP contribution in [0, 0.1) is 6.92 Å².